The van der Waals surface area contributed by atoms with Gasteiger partial charge < -0.3 is 4.90 Å². The molecule has 3 heteroatoms. The maximum Gasteiger partial charge on any atom is 0.229 e. The first-order chi connectivity index (χ1) is 8.66. The second kappa shape index (κ2) is 5.63. The summed E-state index contributed by atoms with van der Waals surface area (Å²) in [5, 5.41) is 0. The van der Waals surface area contributed by atoms with Crippen LogP contribution < -0.4 is 4.90 Å². The number of hydrogen-bond acceptors (Lipinski definition) is 3. The lowest BCUT2D eigenvalue weighted by Gasteiger charge is -2.24. The van der Waals surface area contributed by atoms with Gasteiger partial charge in [0.25, 0.3) is 0 Å². The largest absolute Gasteiger partial charge is 0.310 e. The van der Waals surface area contributed by atoms with Crippen molar-refractivity contribution in [1.82, 2.24) is 9.97 Å². The molecule has 0 radical (unpaired) electrons. The number of aromatic nitrogens is 2. The first-order valence-corrected chi connectivity index (χ1v) is 6.28. The van der Waals surface area contributed by atoms with Gasteiger partial charge in [0.1, 0.15) is 0 Å². The zero-order valence-corrected chi connectivity index (χ0v) is 11.2. The lowest BCUT2D eigenvalue weighted by atomic mass is 10.1. The fourth-order valence-electron chi connectivity index (χ4n) is 1.82. The minimum atomic E-state index is 0.551. The Morgan fingerprint density at radius 3 is 2.22 bits per heavy atom. The van der Waals surface area contributed by atoms with E-state index < -0.39 is 0 Å². The van der Waals surface area contributed by atoms with Crippen LogP contribution in [0.25, 0.3) is 0 Å². The van der Waals surface area contributed by atoms with Gasteiger partial charge in [-0.15, -0.1) is 0 Å². The normalized spacial score (nSPS) is 10.7. The van der Waals surface area contributed by atoms with Crippen LogP contribution in [0.1, 0.15) is 19.4 Å². The van der Waals surface area contributed by atoms with Crippen LogP contribution >= 0.6 is 0 Å². The quantitative estimate of drug-likeness (QED) is 0.819. The monoisotopic (exact) mass is 241 g/mol. The summed E-state index contributed by atoms with van der Waals surface area (Å²) in [5.74, 6) is 1.31. The van der Waals surface area contributed by atoms with Gasteiger partial charge in [-0.3, -0.25) is 0 Å². The summed E-state index contributed by atoms with van der Waals surface area (Å²) in [6.45, 7) is 7.40. The minimum Gasteiger partial charge on any atom is -0.310 e. The zero-order chi connectivity index (χ0) is 13.0. The molecule has 0 atom stereocenters. The number of hydrogen-bond donors (Lipinski definition) is 0. The van der Waals surface area contributed by atoms with Crippen LogP contribution in [0.3, 0.4) is 0 Å². The van der Waals surface area contributed by atoms with Gasteiger partial charge in [-0.05, 0) is 31.0 Å². The highest BCUT2D eigenvalue weighted by atomic mass is 15.2. The molecular formula is C15H19N3. The third-order valence-corrected chi connectivity index (χ3v) is 2.69. The molecule has 1 aromatic heterocycles. The van der Waals surface area contributed by atoms with Crippen molar-refractivity contribution in [3.8, 4) is 0 Å². The predicted molar refractivity (Wildman–Crippen MR) is 75.1 cm³/mol. The summed E-state index contributed by atoms with van der Waals surface area (Å²) in [4.78, 5) is 10.8. The Kier molecular flexibility index (Phi) is 3.92. The Hall–Kier alpha value is -1.90. The maximum atomic E-state index is 4.35. The van der Waals surface area contributed by atoms with Crippen LogP contribution in [0, 0.1) is 12.8 Å². The fourth-order valence-corrected chi connectivity index (χ4v) is 1.82. The number of anilines is 2. The van der Waals surface area contributed by atoms with Crippen LogP contribution in [0.4, 0.5) is 11.6 Å². The molecule has 18 heavy (non-hydrogen) atoms. The number of nitrogens with zero attached hydrogens (tertiary/aromatic N) is 3. The topological polar surface area (TPSA) is 29.0 Å². The van der Waals surface area contributed by atoms with Crippen molar-refractivity contribution in [3.63, 3.8) is 0 Å². The Labute approximate surface area is 109 Å². The molecule has 0 bridgehead atoms. The van der Waals surface area contributed by atoms with Crippen LogP contribution in [0.15, 0.2) is 42.7 Å². The van der Waals surface area contributed by atoms with Crippen molar-refractivity contribution in [2.75, 3.05) is 11.4 Å². The fraction of sp³-hybridized carbons (Fsp3) is 0.333. The molecule has 0 amide bonds. The van der Waals surface area contributed by atoms with Crippen LogP contribution in [-0.2, 0) is 0 Å². The average molecular weight is 241 g/mol. The molecule has 2 aromatic rings. The zero-order valence-electron chi connectivity index (χ0n) is 11.2. The lowest BCUT2D eigenvalue weighted by molar-refractivity contribution is 0.644. The van der Waals surface area contributed by atoms with Gasteiger partial charge in [0.05, 0.1) is 0 Å². The molecule has 1 heterocycles. The molecule has 3 nitrogen and oxygen atoms in total. The van der Waals surface area contributed by atoms with Crippen molar-refractivity contribution in [2.24, 2.45) is 5.92 Å². The smallest absolute Gasteiger partial charge is 0.229 e. The van der Waals surface area contributed by atoms with E-state index in [-0.39, 0.29) is 0 Å². The van der Waals surface area contributed by atoms with E-state index in [1.165, 1.54) is 5.56 Å². The van der Waals surface area contributed by atoms with Crippen molar-refractivity contribution in [3.05, 3.63) is 48.3 Å². The highest BCUT2D eigenvalue weighted by molar-refractivity contribution is 5.57. The van der Waals surface area contributed by atoms with Gasteiger partial charge in [0, 0.05) is 24.6 Å². The third-order valence-electron chi connectivity index (χ3n) is 2.69. The van der Waals surface area contributed by atoms with E-state index in [4.69, 9.17) is 0 Å². The van der Waals surface area contributed by atoms with E-state index in [1.807, 2.05) is 6.07 Å². The van der Waals surface area contributed by atoms with Crippen molar-refractivity contribution < 1.29 is 0 Å². The molecule has 94 valence electrons. The first-order valence-electron chi connectivity index (χ1n) is 6.28. The highest BCUT2D eigenvalue weighted by Gasteiger charge is 2.12. The standard InChI is InChI=1S/C15H19N3/c1-12(2)11-18(15-16-9-4-10-17-15)14-7-5-13(3)6-8-14/h4-10,12H,11H2,1-3H3. The molecule has 0 fully saturated rings. The average Bonchev–Trinajstić information content (AvgIpc) is 2.38. The molecule has 0 saturated heterocycles. The molecule has 0 N–H and O–H groups in total. The third kappa shape index (κ3) is 3.06. The Bertz CT molecular complexity index is 477. The minimum absolute atomic E-state index is 0.551. The van der Waals surface area contributed by atoms with E-state index >= 15 is 0 Å². The molecule has 0 aliphatic heterocycles. The SMILES string of the molecule is Cc1ccc(N(CC(C)C)c2ncccn2)cc1. The van der Waals surface area contributed by atoms with Crippen molar-refractivity contribution >= 4 is 11.6 Å². The second-order valence-electron chi connectivity index (χ2n) is 4.89. The summed E-state index contributed by atoms with van der Waals surface area (Å²) in [5.41, 5.74) is 2.40. The molecule has 0 saturated carbocycles. The highest BCUT2D eigenvalue weighted by Crippen LogP contribution is 2.23. The molecule has 1 aromatic carbocycles. The van der Waals surface area contributed by atoms with E-state index in [9.17, 15) is 0 Å². The summed E-state index contributed by atoms with van der Waals surface area (Å²) in [6.07, 6.45) is 3.56. The summed E-state index contributed by atoms with van der Waals surface area (Å²) >= 11 is 0. The van der Waals surface area contributed by atoms with E-state index in [1.54, 1.807) is 12.4 Å². The number of benzene rings is 1. The molecule has 0 aliphatic rings. The molecule has 2 rings (SSSR count). The van der Waals surface area contributed by atoms with Crippen molar-refractivity contribution in [1.29, 1.82) is 0 Å². The van der Waals surface area contributed by atoms with Crippen LogP contribution in [0.5, 0.6) is 0 Å². The summed E-state index contributed by atoms with van der Waals surface area (Å²) < 4.78 is 0. The molecular weight excluding hydrogens is 222 g/mol. The van der Waals surface area contributed by atoms with Gasteiger partial charge in [-0.2, -0.15) is 0 Å². The molecule has 0 spiro atoms. The van der Waals surface area contributed by atoms with Gasteiger partial charge in [0.15, 0.2) is 0 Å². The van der Waals surface area contributed by atoms with E-state index in [0.717, 1.165) is 18.2 Å². The summed E-state index contributed by atoms with van der Waals surface area (Å²) in [6, 6.07) is 10.3. The Morgan fingerprint density at radius 2 is 1.67 bits per heavy atom. The van der Waals surface area contributed by atoms with Crippen molar-refractivity contribution in [2.45, 2.75) is 20.8 Å². The number of aryl methyl sites for hydroxylation is 1. The lowest BCUT2D eigenvalue weighted by Crippen LogP contribution is -2.24. The Morgan fingerprint density at radius 1 is 1.06 bits per heavy atom. The van der Waals surface area contributed by atoms with E-state index in [0.29, 0.717) is 5.92 Å². The number of rotatable bonds is 4. The van der Waals surface area contributed by atoms with Gasteiger partial charge >= 0.3 is 0 Å². The second-order valence-corrected chi connectivity index (χ2v) is 4.89. The molecule has 0 unspecified atom stereocenters. The predicted octanol–water partition coefficient (Wildman–Crippen LogP) is 3.58. The van der Waals surface area contributed by atoms with Gasteiger partial charge in [-0.25, -0.2) is 9.97 Å². The maximum absolute atomic E-state index is 4.35. The Balaban J connectivity index is 2.33. The van der Waals surface area contributed by atoms with E-state index in [2.05, 4.69) is 59.9 Å². The van der Waals surface area contributed by atoms with Gasteiger partial charge in [0.2, 0.25) is 5.95 Å². The molecule has 0 aliphatic carbocycles. The van der Waals surface area contributed by atoms with Gasteiger partial charge in [-0.1, -0.05) is 31.5 Å². The van der Waals surface area contributed by atoms with Crippen LogP contribution in [-0.4, -0.2) is 16.5 Å². The van der Waals surface area contributed by atoms with Crippen LogP contribution in [0.2, 0.25) is 0 Å². The first kappa shape index (κ1) is 12.6. The summed E-state index contributed by atoms with van der Waals surface area (Å²) in [7, 11) is 0.